The molecule has 0 unspecified atom stereocenters. The minimum absolute atomic E-state index is 0.0780. The first kappa shape index (κ1) is 19.2. The standard InChI is InChI=1S/C23H30O2/c1-15(2)14-25-22-20(18-10-8-16(3)9-11-18)12-19(17(4)24)13-21(22)23(5,6)7/h8-13,15H,14H2,1-7H3. The van der Waals surface area contributed by atoms with E-state index in [0.717, 1.165) is 28.0 Å². The molecule has 0 aliphatic carbocycles. The van der Waals surface area contributed by atoms with Crippen LogP contribution in [0.15, 0.2) is 36.4 Å². The van der Waals surface area contributed by atoms with Gasteiger partial charge in [0.05, 0.1) is 6.61 Å². The number of carbonyl (C=O) groups excluding carboxylic acids is 1. The maximum absolute atomic E-state index is 12.1. The number of rotatable bonds is 5. The van der Waals surface area contributed by atoms with Gasteiger partial charge in [0.15, 0.2) is 5.78 Å². The number of ether oxygens (including phenoxy) is 1. The zero-order valence-corrected chi connectivity index (χ0v) is 16.6. The average molecular weight is 338 g/mol. The molecule has 2 rings (SSSR count). The first-order chi connectivity index (χ1) is 11.6. The summed E-state index contributed by atoms with van der Waals surface area (Å²) in [5, 5.41) is 0. The molecule has 0 fully saturated rings. The Hall–Kier alpha value is -2.09. The van der Waals surface area contributed by atoms with E-state index in [9.17, 15) is 4.79 Å². The van der Waals surface area contributed by atoms with Crippen LogP contribution in [-0.4, -0.2) is 12.4 Å². The Labute approximate surface area is 152 Å². The molecule has 2 aromatic carbocycles. The van der Waals surface area contributed by atoms with Crippen LogP contribution in [0.5, 0.6) is 5.75 Å². The summed E-state index contributed by atoms with van der Waals surface area (Å²) < 4.78 is 6.26. The molecule has 0 bridgehead atoms. The lowest BCUT2D eigenvalue weighted by atomic mass is 9.82. The molecule has 0 aromatic heterocycles. The van der Waals surface area contributed by atoms with E-state index in [1.165, 1.54) is 5.56 Å². The number of ketones is 1. The lowest BCUT2D eigenvalue weighted by Gasteiger charge is -2.26. The van der Waals surface area contributed by atoms with Crippen LogP contribution in [0.25, 0.3) is 11.1 Å². The molecule has 0 atom stereocenters. The van der Waals surface area contributed by atoms with Gasteiger partial charge in [0.25, 0.3) is 0 Å². The van der Waals surface area contributed by atoms with Gasteiger partial charge in [0.1, 0.15) is 5.75 Å². The van der Waals surface area contributed by atoms with Crippen LogP contribution < -0.4 is 4.74 Å². The summed E-state index contributed by atoms with van der Waals surface area (Å²) in [6, 6.07) is 12.4. The molecule has 0 heterocycles. The van der Waals surface area contributed by atoms with E-state index in [4.69, 9.17) is 4.74 Å². The van der Waals surface area contributed by atoms with Crippen molar-refractivity contribution in [2.75, 3.05) is 6.61 Å². The average Bonchev–Trinajstić information content (AvgIpc) is 2.51. The van der Waals surface area contributed by atoms with Crippen molar-refractivity contribution in [2.24, 2.45) is 5.92 Å². The van der Waals surface area contributed by atoms with Crippen LogP contribution >= 0.6 is 0 Å². The van der Waals surface area contributed by atoms with Crippen molar-refractivity contribution in [1.82, 2.24) is 0 Å². The fraction of sp³-hybridized carbons (Fsp3) is 0.435. The summed E-state index contributed by atoms with van der Waals surface area (Å²) in [6.45, 7) is 15.1. The van der Waals surface area contributed by atoms with Gasteiger partial charge in [-0.05, 0) is 42.9 Å². The smallest absolute Gasteiger partial charge is 0.159 e. The minimum atomic E-state index is -0.114. The molecular weight excluding hydrogens is 308 g/mol. The summed E-state index contributed by atoms with van der Waals surface area (Å²) in [6.07, 6.45) is 0. The monoisotopic (exact) mass is 338 g/mol. The molecule has 25 heavy (non-hydrogen) atoms. The largest absolute Gasteiger partial charge is 0.492 e. The SMILES string of the molecule is CC(=O)c1cc(-c2ccc(C)cc2)c(OCC(C)C)c(C(C)(C)C)c1. The molecule has 2 aromatic rings. The second kappa shape index (κ2) is 7.43. The van der Waals surface area contributed by atoms with Crippen LogP contribution in [0.1, 0.15) is 63.0 Å². The first-order valence-corrected chi connectivity index (χ1v) is 8.99. The predicted molar refractivity (Wildman–Crippen MR) is 106 cm³/mol. The van der Waals surface area contributed by atoms with Crippen LogP contribution in [-0.2, 0) is 5.41 Å². The van der Waals surface area contributed by atoms with Gasteiger partial charge in [-0.25, -0.2) is 0 Å². The molecule has 134 valence electrons. The van der Waals surface area contributed by atoms with E-state index in [-0.39, 0.29) is 11.2 Å². The summed E-state index contributed by atoms with van der Waals surface area (Å²) in [5.41, 5.74) is 4.99. The first-order valence-electron chi connectivity index (χ1n) is 8.99. The molecule has 2 heteroatoms. The van der Waals surface area contributed by atoms with Crippen molar-refractivity contribution in [3.8, 4) is 16.9 Å². The zero-order chi connectivity index (χ0) is 18.8. The van der Waals surface area contributed by atoms with Gasteiger partial charge in [0.2, 0.25) is 0 Å². The number of Topliss-reactive ketones (excluding diaryl/α,β-unsaturated/α-hetero) is 1. The second-order valence-electron chi connectivity index (χ2n) is 8.28. The summed E-state index contributed by atoms with van der Waals surface area (Å²) in [7, 11) is 0. The number of aryl methyl sites for hydroxylation is 1. The maximum Gasteiger partial charge on any atom is 0.159 e. The quantitative estimate of drug-likeness (QED) is 0.607. The Morgan fingerprint density at radius 2 is 1.68 bits per heavy atom. The highest BCUT2D eigenvalue weighted by Crippen LogP contribution is 2.41. The second-order valence-corrected chi connectivity index (χ2v) is 8.28. The Morgan fingerprint density at radius 3 is 2.16 bits per heavy atom. The molecular formula is C23H30O2. The molecule has 0 saturated carbocycles. The Balaban J connectivity index is 2.73. The molecule has 0 amide bonds. The van der Waals surface area contributed by atoms with Gasteiger partial charge >= 0.3 is 0 Å². The van der Waals surface area contributed by atoms with E-state index in [0.29, 0.717) is 12.5 Å². The maximum atomic E-state index is 12.1. The highest BCUT2D eigenvalue weighted by atomic mass is 16.5. The van der Waals surface area contributed by atoms with Gasteiger partial charge in [0, 0.05) is 16.7 Å². The molecule has 0 radical (unpaired) electrons. The Morgan fingerprint density at radius 1 is 1.08 bits per heavy atom. The summed E-state index contributed by atoms with van der Waals surface area (Å²) in [5.74, 6) is 1.41. The highest BCUT2D eigenvalue weighted by Gasteiger charge is 2.24. The van der Waals surface area contributed by atoms with Gasteiger partial charge in [-0.15, -0.1) is 0 Å². The third-order valence-electron chi connectivity index (χ3n) is 4.23. The molecule has 0 aliphatic heterocycles. The van der Waals surface area contributed by atoms with Gasteiger partial charge in [-0.3, -0.25) is 4.79 Å². The molecule has 0 saturated heterocycles. The van der Waals surface area contributed by atoms with Gasteiger partial charge in [-0.1, -0.05) is 64.4 Å². The van der Waals surface area contributed by atoms with Gasteiger partial charge in [-0.2, -0.15) is 0 Å². The van der Waals surface area contributed by atoms with E-state index in [2.05, 4.69) is 65.8 Å². The van der Waals surface area contributed by atoms with E-state index < -0.39 is 0 Å². The molecule has 0 spiro atoms. The molecule has 0 aliphatic rings. The number of hydrogen-bond acceptors (Lipinski definition) is 2. The van der Waals surface area contributed by atoms with Crippen molar-refractivity contribution < 1.29 is 9.53 Å². The fourth-order valence-electron chi connectivity index (χ4n) is 2.74. The lowest BCUT2D eigenvalue weighted by molar-refractivity contribution is 0.101. The number of hydrogen-bond donors (Lipinski definition) is 0. The number of benzene rings is 2. The van der Waals surface area contributed by atoms with Crippen molar-refractivity contribution in [3.63, 3.8) is 0 Å². The van der Waals surface area contributed by atoms with Gasteiger partial charge < -0.3 is 4.74 Å². The predicted octanol–water partition coefficient (Wildman–Crippen LogP) is 6.20. The zero-order valence-electron chi connectivity index (χ0n) is 16.6. The van der Waals surface area contributed by atoms with Crippen LogP contribution in [0.4, 0.5) is 0 Å². The number of carbonyl (C=O) groups is 1. The van der Waals surface area contributed by atoms with E-state index in [1.807, 2.05) is 12.1 Å². The van der Waals surface area contributed by atoms with Crippen LogP contribution in [0.2, 0.25) is 0 Å². The summed E-state index contributed by atoms with van der Waals surface area (Å²) in [4.78, 5) is 12.1. The highest BCUT2D eigenvalue weighted by molar-refractivity contribution is 5.96. The third kappa shape index (κ3) is 4.72. The Bertz CT molecular complexity index is 747. The van der Waals surface area contributed by atoms with E-state index in [1.54, 1.807) is 6.92 Å². The fourth-order valence-corrected chi connectivity index (χ4v) is 2.74. The van der Waals surface area contributed by atoms with Crippen molar-refractivity contribution in [2.45, 2.75) is 53.9 Å². The van der Waals surface area contributed by atoms with Crippen molar-refractivity contribution in [3.05, 3.63) is 53.1 Å². The summed E-state index contributed by atoms with van der Waals surface area (Å²) >= 11 is 0. The third-order valence-corrected chi connectivity index (χ3v) is 4.23. The molecule has 2 nitrogen and oxygen atoms in total. The van der Waals surface area contributed by atoms with Crippen LogP contribution in [0, 0.1) is 12.8 Å². The van der Waals surface area contributed by atoms with Crippen molar-refractivity contribution in [1.29, 1.82) is 0 Å². The lowest BCUT2D eigenvalue weighted by Crippen LogP contribution is -2.17. The topological polar surface area (TPSA) is 26.3 Å². The minimum Gasteiger partial charge on any atom is -0.492 e. The molecule has 0 N–H and O–H groups in total. The van der Waals surface area contributed by atoms with Crippen molar-refractivity contribution >= 4 is 5.78 Å². The van der Waals surface area contributed by atoms with Crippen LogP contribution in [0.3, 0.4) is 0 Å². The normalized spacial score (nSPS) is 11.7. The van der Waals surface area contributed by atoms with E-state index >= 15 is 0 Å². The Kier molecular flexibility index (Phi) is 5.72.